The Kier molecular flexibility index (Phi) is 4.28. The van der Waals surface area contributed by atoms with Crippen LogP contribution < -0.4 is 14.8 Å². The summed E-state index contributed by atoms with van der Waals surface area (Å²) in [6, 6.07) is 11.3. The first kappa shape index (κ1) is 16.2. The van der Waals surface area contributed by atoms with E-state index in [0.717, 1.165) is 16.9 Å². The number of ether oxygens (including phenoxy) is 1. The molecule has 3 heterocycles. The van der Waals surface area contributed by atoms with Crippen molar-refractivity contribution in [3.63, 3.8) is 0 Å². The highest BCUT2D eigenvalue weighted by atomic mass is 32.1. The van der Waals surface area contributed by atoms with Gasteiger partial charge in [-0.05, 0) is 24.3 Å². The second-order valence-electron chi connectivity index (χ2n) is 5.40. The molecule has 0 saturated carbocycles. The third kappa shape index (κ3) is 3.00. The molecule has 4 aromatic rings. The number of allylic oxidation sites excluding steroid dienone is 1. The van der Waals surface area contributed by atoms with Gasteiger partial charge >= 0.3 is 0 Å². The quantitative estimate of drug-likeness (QED) is 0.558. The highest BCUT2D eigenvalue weighted by molar-refractivity contribution is 7.15. The van der Waals surface area contributed by atoms with Crippen molar-refractivity contribution in [2.24, 2.45) is 0 Å². The molecule has 0 fully saturated rings. The molecule has 0 bridgehead atoms. The van der Waals surface area contributed by atoms with E-state index in [9.17, 15) is 4.79 Å². The van der Waals surface area contributed by atoms with Gasteiger partial charge in [-0.3, -0.25) is 9.78 Å². The summed E-state index contributed by atoms with van der Waals surface area (Å²) in [6.07, 6.45) is 8.83. The average molecular weight is 362 g/mol. The summed E-state index contributed by atoms with van der Waals surface area (Å²) >= 11 is 1.31. The van der Waals surface area contributed by atoms with Crippen molar-refractivity contribution in [3.8, 4) is 17.1 Å². The SMILES string of the molecule is COc1ccccc1/C=C/C=c1\sc2nc(-c3ccncc3)nn2c1=O. The van der Waals surface area contributed by atoms with Gasteiger partial charge in [0.15, 0.2) is 5.82 Å². The number of nitrogens with zero attached hydrogens (tertiary/aromatic N) is 4. The lowest BCUT2D eigenvalue weighted by Gasteiger charge is -2.02. The lowest BCUT2D eigenvalue weighted by atomic mass is 10.2. The van der Waals surface area contributed by atoms with Crippen molar-refractivity contribution >= 4 is 28.4 Å². The molecule has 0 saturated heterocycles. The van der Waals surface area contributed by atoms with Crippen LogP contribution in [0.15, 0.2) is 59.7 Å². The molecule has 6 nitrogen and oxygen atoms in total. The van der Waals surface area contributed by atoms with Crippen LogP contribution in [0.2, 0.25) is 0 Å². The number of fused-ring (bicyclic) bond motifs is 1. The molecule has 0 N–H and O–H groups in total. The predicted molar refractivity (Wildman–Crippen MR) is 102 cm³/mol. The van der Waals surface area contributed by atoms with Crippen LogP contribution in [0.4, 0.5) is 0 Å². The predicted octanol–water partition coefficient (Wildman–Crippen LogP) is 2.43. The highest BCUT2D eigenvalue weighted by Gasteiger charge is 2.11. The van der Waals surface area contributed by atoms with Gasteiger partial charge < -0.3 is 4.74 Å². The topological polar surface area (TPSA) is 69.4 Å². The van der Waals surface area contributed by atoms with Crippen LogP contribution in [0.5, 0.6) is 5.75 Å². The normalized spacial score (nSPS) is 12.3. The van der Waals surface area contributed by atoms with E-state index in [0.29, 0.717) is 15.3 Å². The smallest absolute Gasteiger partial charge is 0.291 e. The van der Waals surface area contributed by atoms with Crippen molar-refractivity contribution in [2.45, 2.75) is 0 Å². The Morgan fingerprint density at radius 1 is 1.15 bits per heavy atom. The maximum Gasteiger partial charge on any atom is 0.291 e. The third-order valence-corrected chi connectivity index (χ3v) is 4.76. The molecule has 0 aliphatic rings. The molecule has 0 aliphatic carbocycles. The number of hydrogen-bond donors (Lipinski definition) is 0. The Balaban J connectivity index is 1.68. The van der Waals surface area contributed by atoms with Gasteiger partial charge in [-0.1, -0.05) is 41.7 Å². The van der Waals surface area contributed by atoms with Crippen molar-refractivity contribution in [1.82, 2.24) is 19.6 Å². The number of rotatable bonds is 4. The van der Waals surface area contributed by atoms with Crippen molar-refractivity contribution in [1.29, 1.82) is 0 Å². The zero-order chi connectivity index (χ0) is 17.9. The molecule has 7 heteroatoms. The molecular formula is C19H14N4O2S. The van der Waals surface area contributed by atoms with Crippen molar-refractivity contribution in [2.75, 3.05) is 7.11 Å². The van der Waals surface area contributed by atoms with Crippen LogP contribution in [-0.2, 0) is 0 Å². The van der Waals surface area contributed by atoms with Crippen LogP contribution in [0.25, 0.3) is 28.5 Å². The van der Waals surface area contributed by atoms with Gasteiger partial charge in [0.2, 0.25) is 4.96 Å². The van der Waals surface area contributed by atoms with E-state index in [1.54, 1.807) is 25.6 Å². The average Bonchev–Trinajstić information content (AvgIpc) is 3.23. The molecule has 0 aliphatic heterocycles. The van der Waals surface area contributed by atoms with Gasteiger partial charge in [0.05, 0.1) is 11.6 Å². The lowest BCUT2D eigenvalue weighted by molar-refractivity contribution is 0.414. The molecule has 0 radical (unpaired) electrons. The zero-order valence-corrected chi connectivity index (χ0v) is 14.7. The Labute approximate surface area is 152 Å². The summed E-state index contributed by atoms with van der Waals surface area (Å²) < 4.78 is 7.22. The van der Waals surface area contributed by atoms with E-state index in [4.69, 9.17) is 4.74 Å². The van der Waals surface area contributed by atoms with Crippen LogP contribution in [0.1, 0.15) is 5.56 Å². The minimum Gasteiger partial charge on any atom is -0.496 e. The van der Waals surface area contributed by atoms with Crippen LogP contribution in [0, 0.1) is 0 Å². The van der Waals surface area contributed by atoms with Gasteiger partial charge in [-0.25, -0.2) is 0 Å². The Morgan fingerprint density at radius 3 is 2.73 bits per heavy atom. The Morgan fingerprint density at radius 2 is 1.96 bits per heavy atom. The van der Waals surface area contributed by atoms with E-state index in [1.807, 2.05) is 48.6 Å². The first-order valence-corrected chi connectivity index (χ1v) is 8.69. The minimum atomic E-state index is -0.178. The minimum absolute atomic E-state index is 0.178. The van der Waals surface area contributed by atoms with E-state index >= 15 is 0 Å². The molecular weight excluding hydrogens is 348 g/mol. The number of benzene rings is 1. The summed E-state index contributed by atoms with van der Waals surface area (Å²) in [6.45, 7) is 0. The summed E-state index contributed by atoms with van der Waals surface area (Å²) in [4.78, 5) is 21.5. The number of hydrogen-bond acceptors (Lipinski definition) is 6. The second-order valence-corrected chi connectivity index (χ2v) is 6.41. The van der Waals surface area contributed by atoms with Crippen LogP contribution in [-0.4, -0.2) is 26.7 Å². The molecule has 0 atom stereocenters. The number of para-hydroxylation sites is 1. The van der Waals surface area contributed by atoms with Crippen molar-refractivity contribution in [3.05, 3.63) is 75.3 Å². The second kappa shape index (κ2) is 6.89. The Bertz CT molecular complexity index is 1200. The van der Waals surface area contributed by atoms with Crippen molar-refractivity contribution < 1.29 is 4.74 Å². The molecule has 0 amide bonds. The molecule has 0 unspecified atom stereocenters. The molecule has 3 aromatic heterocycles. The maximum atomic E-state index is 12.5. The fourth-order valence-corrected chi connectivity index (χ4v) is 3.37. The number of pyridine rings is 1. The van der Waals surface area contributed by atoms with Gasteiger partial charge in [-0.2, -0.15) is 9.50 Å². The van der Waals surface area contributed by atoms with Gasteiger partial charge in [-0.15, -0.1) is 5.10 Å². The Hall–Kier alpha value is -3.32. The fourth-order valence-electron chi connectivity index (χ4n) is 2.51. The van der Waals surface area contributed by atoms with Crippen LogP contribution in [0.3, 0.4) is 0 Å². The summed E-state index contributed by atoms with van der Waals surface area (Å²) in [5.74, 6) is 1.30. The number of thiazole rings is 1. The molecule has 0 spiro atoms. The maximum absolute atomic E-state index is 12.5. The monoisotopic (exact) mass is 362 g/mol. The third-order valence-electron chi connectivity index (χ3n) is 3.78. The summed E-state index contributed by atoms with van der Waals surface area (Å²) in [5.41, 5.74) is 1.59. The zero-order valence-electron chi connectivity index (χ0n) is 13.9. The van der Waals surface area contributed by atoms with Crippen LogP contribution >= 0.6 is 11.3 Å². The molecule has 128 valence electrons. The summed E-state index contributed by atoms with van der Waals surface area (Å²) in [7, 11) is 1.63. The van der Waals surface area contributed by atoms with Gasteiger partial charge in [0, 0.05) is 23.5 Å². The number of methoxy groups -OCH3 is 1. The van der Waals surface area contributed by atoms with E-state index in [-0.39, 0.29) is 5.56 Å². The lowest BCUT2D eigenvalue weighted by Crippen LogP contribution is -2.23. The summed E-state index contributed by atoms with van der Waals surface area (Å²) in [5, 5.41) is 4.31. The molecule has 4 rings (SSSR count). The standard InChI is InChI=1S/C19H14N4O2S/c1-25-15-7-3-2-5-13(15)6-4-8-16-18(24)23-19(26-16)21-17(22-23)14-9-11-20-12-10-14/h2-12H,1H3/b6-4+,16-8-. The van der Waals surface area contributed by atoms with E-state index in [2.05, 4.69) is 15.1 Å². The molecule has 1 aromatic carbocycles. The van der Waals surface area contributed by atoms with Gasteiger partial charge in [0.1, 0.15) is 5.75 Å². The first-order valence-electron chi connectivity index (χ1n) is 7.87. The highest BCUT2D eigenvalue weighted by Crippen LogP contribution is 2.18. The largest absolute Gasteiger partial charge is 0.496 e. The fraction of sp³-hybridized carbons (Fsp3) is 0.0526. The van der Waals surface area contributed by atoms with E-state index in [1.165, 1.54) is 15.9 Å². The number of aromatic nitrogens is 4. The van der Waals surface area contributed by atoms with E-state index < -0.39 is 0 Å². The first-order chi connectivity index (χ1) is 12.8. The van der Waals surface area contributed by atoms with Gasteiger partial charge in [0.25, 0.3) is 5.56 Å². The molecule has 26 heavy (non-hydrogen) atoms.